The van der Waals surface area contributed by atoms with Crippen molar-refractivity contribution in [1.29, 1.82) is 0 Å². The minimum atomic E-state index is -0.684. The molecule has 1 aliphatic rings. The fourth-order valence-electron chi connectivity index (χ4n) is 2.17. The number of nitro benzene ring substituents is 1. The second kappa shape index (κ2) is 5.07. The van der Waals surface area contributed by atoms with Gasteiger partial charge in [0.1, 0.15) is 11.5 Å². The van der Waals surface area contributed by atoms with Crippen molar-refractivity contribution < 1.29 is 9.31 Å². The van der Waals surface area contributed by atoms with Gasteiger partial charge in [0.2, 0.25) is 0 Å². The molecular formula is C11H13ClFN3O2. The van der Waals surface area contributed by atoms with Crippen LogP contribution in [0.25, 0.3) is 0 Å². The van der Waals surface area contributed by atoms with Crippen LogP contribution >= 0.6 is 11.6 Å². The van der Waals surface area contributed by atoms with Gasteiger partial charge < -0.3 is 11.1 Å². The third-order valence-electron chi connectivity index (χ3n) is 3.15. The van der Waals surface area contributed by atoms with Crippen molar-refractivity contribution in [1.82, 2.24) is 0 Å². The fourth-order valence-corrected chi connectivity index (χ4v) is 2.33. The monoisotopic (exact) mass is 273 g/mol. The van der Waals surface area contributed by atoms with E-state index in [0.717, 1.165) is 31.4 Å². The first-order chi connectivity index (χ1) is 8.49. The highest BCUT2D eigenvalue weighted by molar-refractivity contribution is 6.31. The molecule has 5 nitrogen and oxygen atoms in total. The van der Waals surface area contributed by atoms with Crippen LogP contribution in [0.1, 0.15) is 19.3 Å². The lowest BCUT2D eigenvalue weighted by Crippen LogP contribution is -2.35. The number of nitrogens with zero attached hydrogens (tertiary/aromatic N) is 1. The minimum absolute atomic E-state index is 0.0655. The topological polar surface area (TPSA) is 81.2 Å². The van der Waals surface area contributed by atoms with E-state index in [1.807, 2.05) is 0 Å². The van der Waals surface area contributed by atoms with Gasteiger partial charge in [0, 0.05) is 24.2 Å². The fraction of sp³-hybridized carbons (Fsp3) is 0.455. The van der Waals surface area contributed by atoms with Crippen molar-refractivity contribution in [2.24, 2.45) is 5.73 Å². The Morgan fingerprint density at radius 1 is 1.50 bits per heavy atom. The first-order valence-electron chi connectivity index (χ1n) is 5.64. The molecule has 1 saturated carbocycles. The van der Waals surface area contributed by atoms with E-state index >= 15 is 0 Å². The van der Waals surface area contributed by atoms with Gasteiger partial charge >= 0.3 is 0 Å². The Labute approximate surface area is 108 Å². The molecule has 1 aromatic rings. The summed E-state index contributed by atoms with van der Waals surface area (Å²) in [6.45, 7) is 0. The van der Waals surface area contributed by atoms with Crippen LogP contribution in [-0.4, -0.2) is 17.0 Å². The van der Waals surface area contributed by atoms with Crippen LogP contribution in [0.15, 0.2) is 12.1 Å². The number of nitrogens with two attached hydrogens (primary N) is 1. The molecule has 0 radical (unpaired) electrons. The zero-order chi connectivity index (χ0) is 13.3. The predicted molar refractivity (Wildman–Crippen MR) is 67.3 cm³/mol. The maximum atomic E-state index is 13.4. The maximum Gasteiger partial charge on any atom is 0.294 e. The molecule has 0 bridgehead atoms. The van der Waals surface area contributed by atoms with Crippen molar-refractivity contribution in [2.45, 2.75) is 31.3 Å². The van der Waals surface area contributed by atoms with Crippen LogP contribution in [0.2, 0.25) is 5.02 Å². The molecule has 2 rings (SSSR count). The van der Waals surface area contributed by atoms with Crippen LogP contribution in [0.3, 0.4) is 0 Å². The van der Waals surface area contributed by atoms with Gasteiger partial charge in [0.05, 0.1) is 9.95 Å². The first-order valence-corrected chi connectivity index (χ1v) is 6.02. The average Bonchev–Trinajstić information content (AvgIpc) is 2.69. The van der Waals surface area contributed by atoms with E-state index in [0.29, 0.717) is 0 Å². The summed E-state index contributed by atoms with van der Waals surface area (Å²) in [4.78, 5) is 10.3. The summed E-state index contributed by atoms with van der Waals surface area (Å²) in [5, 5.41) is 13.6. The maximum absolute atomic E-state index is 13.4. The number of hydrogen-bond donors (Lipinski definition) is 2. The third kappa shape index (κ3) is 2.54. The molecule has 18 heavy (non-hydrogen) atoms. The Hall–Kier alpha value is -1.40. The predicted octanol–water partition coefficient (Wildman–Crippen LogP) is 2.68. The Kier molecular flexibility index (Phi) is 3.68. The zero-order valence-corrected chi connectivity index (χ0v) is 10.3. The second-order valence-electron chi connectivity index (χ2n) is 4.39. The molecular weight excluding hydrogens is 261 g/mol. The van der Waals surface area contributed by atoms with Gasteiger partial charge in [-0.3, -0.25) is 10.1 Å². The number of anilines is 1. The van der Waals surface area contributed by atoms with Gasteiger partial charge in [-0.05, 0) is 19.3 Å². The van der Waals surface area contributed by atoms with Gasteiger partial charge in [0.15, 0.2) is 0 Å². The molecule has 2 atom stereocenters. The van der Waals surface area contributed by atoms with E-state index in [9.17, 15) is 14.5 Å². The molecule has 0 aliphatic heterocycles. The van der Waals surface area contributed by atoms with Crippen molar-refractivity contribution in [2.75, 3.05) is 5.32 Å². The van der Waals surface area contributed by atoms with E-state index in [1.54, 1.807) is 0 Å². The summed E-state index contributed by atoms with van der Waals surface area (Å²) in [5.41, 5.74) is 5.76. The van der Waals surface area contributed by atoms with Crippen LogP contribution in [0, 0.1) is 15.9 Å². The molecule has 2 unspecified atom stereocenters. The van der Waals surface area contributed by atoms with E-state index in [4.69, 9.17) is 17.3 Å². The minimum Gasteiger partial charge on any atom is -0.375 e. The van der Waals surface area contributed by atoms with Gasteiger partial charge in [-0.15, -0.1) is 0 Å². The highest BCUT2D eigenvalue weighted by Gasteiger charge is 2.27. The van der Waals surface area contributed by atoms with Crippen molar-refractivity contribution in [3.8, 4) is 0 Å². The van der Waals surface area contributed by atoms with Crippen LogP contribution in [0.4, 0.5) is 15.8 Å². The average molecular weight is 274 g/mol. The molecule has 0 aromatic heterocycles. The second-order valence-corrected chi connectivity index (χ2v) is 4.79. The van der Waals surface area contributed by atoms with E-state index in [2.05, 4.69) is 5.32 Å². The van der Waals surface area contributed by atoms with Crippen molar-refractivity contribution >= 4 is 23.0 Å². The Bertz CT molecular complexity index is 484. The molecule has 0 spiro atoms. The van der Waals surface area contributed by atoms with Crippen molar-refractivity contribution in [3.05, 3.63) is 33.1 Å². The Balaban J connectivity index is 2.30. The molecule has 98 valence electrons. The molecule has 7 heteroatoms. The molecule has 0 amide bonds. The van der Waals surface area contributed by atoms with E-state index in [1.165, 1.54) is 0 Å². The van der Waals surface area contributed by atoms with Crippen LogP contribution < -0.4 is 11.1 Å². The summed E-state index contributed by atoms with van der Waals surface area (Å²) in [6, 6.07) is 1.93. The third-order valence-corrected chi connectivity index (χ3v) is 3.44. The number of rotatable bonds is 3. The van der Waals surface area contributed by atoms with Gasteiger partial charge in [-0.25, -0.2) is 4.39 Å². The number of nitro groups is 1. The van der Waals surface area contributed by atoms with Crippen molar-refractivity contribution in [3.63, 3.8) is 0 Å². The summed E-state index contributed by atoms with van der Waals surface area (Å²) >= 11 is 5.54. The lowest BCUT2D eigenvalue weighted by molar-refractivity contribution is -0.384. The lowest BCUT2D eigenvalue weighted by atomic mass is 10.1. The standard InChI is InChI=1S/C11H13ClFN3O2/c12-6-4-11(16(17)18)10(5-7(6)13)15-9-3-1-2-8(9)14/h4-5,8-9,15H,1-3,14H2. The van der Waals surface area contributed by atoms with Gasteiger partial charge in [-0.1, -0.05) is 11.6 Å². The highest BCUT2D eigenvalue weighted by atomic mass is 35.5. The first kappa shape index (κ1) is 13.0. The summed E-state index contributed by atoms with van der Waals surface area (Å²) in [7, 11) is 0. The highest BCUT2D eigenvalue weighted by Crippen LogP contribution is 2.32. The molecule has 1 aliphatic carbocycles. The molecule has 1 aromatic carbocycles. The summed E-state index contributed by atoms with van der Waals surface area (Å²) in [5.74, 6) is -0.684. The molecule has 0 heterocycles. The number of halogens is 2. The number of nitrogens with one attached hydrogen (secondary N) is 1. The number of benzene rings is 1. The lowest BCUT2D eigenvalue weighted by Gasteiger charge is -2.18. The Morgan fingerprint density at radius 3 is 2.78 bits per heavy atom. The van der Waals surface area contributed by atoms with Gasteiger partial charge in [0.25, 0.3) is 5.69 Å². The van der Waals surface area contributed by atoms with Crippen LogP contribution in [0.5, 0.6) is 0 Å². The zero-order valence-electron chi connectivity index (χ0n) is 9.53. The van der Waals surface area contributed by atoms with Crippen LogP contribution in [-0.2, 0) is 0 Å². The normalized spacial score (nSPS) is 23.1. The largest absolute Gasteiger partial charge is 0.375 e. The smallest absolute Gasteiger partial charge is 0.294 e. The molecule has 1 fully saturated rings. The van der Waals surface area contributed by atoms with Gasteiger partial charge in [-0.2, -0.15) is 0 Å². The molecule has 3 N–H and O–H groups in total. The summed E-state index contributed by atoms with van der Waals surface area (Å²) in [6.07, 6.45) is 2.65. The van der Waals surface area contributed by atoms with E-state index < -0.39 is 10.7 Å². The number of hydrogen-bond acceptors (Lipinski definition) is 4. The Morgan fingerprint density at radius 2 is 2.22 bits per heavy atom. The molecule has 0 saturated heterocycles. The van der Waals surface area contributed by atoms with E-state index in [-0.39, 0.29) is 28.5 Å². The SMILES string of the molecule is NC1CCCC1Nc1cc(F)c(Cl)cc1[N+](=O)[O-]. The summed E-state index contributed by atoms with van der Waals surface area (Å²) < 4.78 is 13.4. The quantitative estimate of drug-likeness (QED) is 0.655.